The molecule has 0 aliphatic heterocycles. The van der Waals surface area contributed by atoms with Crippen molar-refractivity contribution in [2.45, 2.75) is 6.42 Å². The molecule has 2 aromatic carbocycles. The van der Waals surface area contributed by atoms with Gasteiger partial charge in [0.15, 0.2) is 0 Å². The van der Waals surface area contributed by atoms with Gasteiger partial charge in [0, 0.05) is 10.6 Å². The highest BCUT2D eigenvalue weighted by Gasteiger charge is 2.04. The van der Waals surface area contributed by atoms with Crippen LogP contribution in [0.25, 0.3) is 11.1 Å². The third-order valence-corrected chi connectivity index (χ3v) is 2.96. The number of halogens is 1. The molecule has 0 unspecified atom stereocenters. The topological polar surface area (TPSA) is 49.3 Å². The Hall–Kier alpha value is -1.84. The second-order valence-corrected chi connectivity index (χ2v) is 4.30. The first-order valence-electron chi connectivity index (χ1n) is 5.47. The van der Waals surface area contributed by atoms with Crippen molar-refractivity contribution < 1.29 is 10.0 Å². The molecule has 2 N–H and O–H groups in total. The third-order valence-electron chi connectivity index (χ3n) is 2.63. The normalized spacial score (nSPS) is 10.1. The van der Waals surface area contributed by atoms with Crippen LogP contribution in [0, 0.1) is 0 Å². The van der Waals surface area contributed by atoms with Crippen molar-refractivity contribution in [2.75, 3.05) is 0 Å². The molecular weight excluding hydrogens is 250 g/mol. The highest BCUT2D eigenvalue weighted by Crippen LogP contribution is 2.27. The number of amides is 1. The maximum Gasteiger partial charge on any atom is 0.247 e. The van der Waals surface area contributed by atoms with Crippen LogP contribution in [0.3, 0.4) is 0 Å². The lowest BCUT2D eigenvalue weighted by atomic mass is 10.0. The maximum absolute atomic E-state index is 11.0. The molecule has 18 heavy (non-hydrogen) atoms. The zero-order chi connectivity index (χ0) is 13.0. The van der Waals surface area contributed by atoms with Gasteiger partial charge < -0.3 is 0 Å². The van der Waals surface area contributed by atoms with Gasteiger partial charge in [-0.2, -0.15) is 0 Å². The number of carbonyl (C=O) groups excluding carboxylic acids is 1. The van der Waals surface area contributed by atoms with E-state index in [1.54, 1.807) is 5.48 Å². The molecule has 0 fully saturated rings. The van der Waals surface area contributed by atoms with Crippen LogP contribution in [-0.4, -0.2) is 11.1 Å². The molecule has 0 saturated carbocycles. The minimum absolute atomic E-state index is 0.152. The quantitative estimate of drug-likeness (QED) is 0.659. The summed E-state index contributed by atoms with van der Waals surface area (Å²) in [7, 11) is 0. The molecule has 92 valence electrons. The lowest BCUT2D eigenvalue weighted by Crippen LogP contribution is -2.20. The van der Waals surface area contributed by atoms with Crippen molar-refractivity contribution in [3.05, 3.63) is 59.1 Å². The minimum Gasteiger partial charge on any atom is -0.289 e. The fraction of sp³-hybridized carbons (Fsp3) is 0.0714. The summed E-state index contributed by atoms with van der Waals surface area (Å²) in [4.78, 5) is 11.0. The van der Waals surface area contributed by atoms with Gasteiger partial charge in [-0.05, 0) is 17.2 Å². The van der Waals surface area contributed by atoms with Crippen molar-refractivity contribution in [3.8, 4) is 11.1 Å². The fourth-order valence-corrected chi connectivity index (χ4v) is 1.97. The van der Waals surface area contributed by atoms with Gasteiger partial charge in [0.05, 0.1) is 6.42 Å². The van der Waals surface area contributed by atoms with Gasteiger partial charge >= 0.3 is 0 Å². The summed E-state index contributed by atoms with van der Waals surface area (Å²) >= 11 is 6.11. The van der Waals surface area contributed by atoms with Crippen LogP contribution in [0.1, 0.15) is 5.56 Å². The van der Waals surface area contributed by atoms with Crippen molar-refractivity contribution in [1.29, 1.82) is 0 Å². The summed E-state index contributed by atoms with van der Waals surface area (Å²) in [6.45, 7) is 0. The molecule has 0 atom stereocenters. The van der Waals surface area contributed by atoms with Gasteiger partial charge in [0.25, 0.3) is 0 Å². The van der Waals surface area contributed by atoms with Crippen molar-refractivity contribution in [2.24, 2.45) is 0 Å². The zero-order valence-corrected chi connectivity index (χ0v) is 10.3. The van der Waals surface area contributed by atoms with Crippen molar-refractivity contribution in [3.63, 3.8) is 0 Å². The Morgan fingerprint density at radius 3 is 2.39 bits per heavy atom. The van der Waals surface area contributed by atoms with E-state index in [1.807, 2.05) is 48.5 Å². The largest absolute Gasteiger partial charge is 0.289 e. The van der Waals surface area contributed by atoms with E-state index in [4.69, 9.17) is 16.8 Å². The summed E-state index contributed by atoms with van der Waals surface area (Å²) in [5, 5.41) is 9.14. The Balaban J connectivity index is 2.23. The number of benzene rings is 2. The molecule has 2 rings (SSSR count). The number of hydroxylamine groups is 1. The molecule has 0 aliphatic rings. The molecule has 0 aliphatic carbocycles. The van der Waals surface area contributed by atoms with E-state index in [1.165, 1.54) is 0 Å². The van der Waals surface area contributed by atoms with E-state index >= 15 is 0 Å². The summed E-state index contributed by atoms with van der Waals surface area (Å²) in [6, 6.07) is 15.1. The van der Waals surface area contributed by atoms with Crippen LogP contribution in [0.2, 0.25) is 5.02 Å². The number of nitrogens with one attached hydrogen (secondary N) is 1. The van der Waals surface area contributed by atoms with Crippen LogP contribution in [0.4, 0.5) is 0 Å². The molecule has 4 heteroatoms. The number of hydrogen-bond donors (Lipinski definition) is 2. The van der Waals surface area contributed by atoms with Crippen LogP contribution >= 0.6 is 11.6 Å². The summed E-state index contributed by atoms with van der Waals surface area (Å²) < 4.78 is 0. The number of rotatable bonds is 3. The first-order chi connectivity index (χ1) is 8.70. The molecule has 1 amide bonds. The molecule has 0 saturated heterocycles. The SMILES string of the molecule is O=C(Cc1ccc(-c2ccccc2Cl)cc1)NO. The fourth-order valence-electron chi connectivity index (χ4n) is 1.72. The Morgan fingerprint density at radius 2 is 1.78 bits per heavy atom. The summed E-state index contributed by atoms with van der Waals surface area (Å²) in [5.41, 5.74) is 4.39. The highest BCUT2D eigenvalue weighted by molar-refractivity contribution is 6.33. The average molecular weight is 262 g/mol. The highest BCUT2D eigenvalue weighted by atomic mass is 35.5. The Bertz CT molecular complexity index is 552. The molecular formula is C14H12ClNO2. The Morgan fingerprint density at radius 1 is 1.11 bits per heavy atom. The van der Waals surface area contributed by atoms with E-state index in [9.17, 15) is 4.79 Å². The molecule has 0 bridgehead atoms. The zero-order valence-electron chi connectivity index (χ0n) is 9.56. The van der Waals surface area contributed by atoms with Crippen molar-refractivity contribution >= 4 is 17.5 Å². The van der Waals surface area contributed by atoms with Gasteiger partial charge in [-0.3, -0.25) is 10.0 Å². The van der Waals surface area contributed by atoms with Crippen LogP contribution in [0.15, 0.2) is 48.5 Å². The second-order valence-electron chi connectivity index (χ2n) is 3.89. The van der Waals surface area contributed by atoms with Gasteiger partial charge in [-0.1, -0.05) is 54.1 Å². The third kappa shape index (κ3) is 2.88. The molecule has 3 nitrogen and oxygen atoms in total. The predicted octanol–water partition coefficient (Wildman–Crippen LogP) is 3.05. The second kappa shape index (κ2) is 5.67. The van der Waals surface area contributed by atoms with Crippen LogP contribution in [-0.2, 0) is 11.2 Å². The lowest BCUT2D eigenvalue weighted by Gasteiger charge is -2.05. The van der Waals surface area contributed by atoms with Gasteiger partial charge in [0.1, 0.15) is 0 Å². The first-order valence-corrected chi connectivity index (χ1v) is 5.85. The Labute approximate surface area is 110 Å². The first kappa shape index (κ1) is 12.6. The van der Waals surface area contributed by atoms with Crippen molar-refractivity contribution in [1.82, 2.24) is 5.48 Å². The minimum atomic E-state index is -0.430. The number of carbonyl (C=O) groups is 1. The van der Waals surface area contributed by atoms with Gasteiger partial charge in [-0.15, -0.1) is 0 Å². The van der Waals surface area contributed by atoms with E-state index in [-0.39, 0.29) is 6.42 Å². The standard InChI is InChI=1S/C14H12ClNO2/c15-13-4-2-1-3-12(13)11-7-5-10(6-8-11)9-14(17)16-18/h1-8,18H,9H2,(H,16,17). The Kier molecular flexibility index (Phi) is 3.97. The molecule has 0 heterocycles. The van der Waals surface area contributed by atoms with E-state index in [0.29, 0.717) is 5.02 Å². The van der Waals surface area contributed by atoms with Crippen LogP contribution in [0.5, 0.6) is 0 Å². The maximum atomic E-state index is 11.0. The van der Waals surface area contributed by atoms with Gasteiger partial charge in [0.2, 0.25) is 5.91 Å². The lowest BCUT2D eigenvalue weighted by molar-refractivity contribution is -0.128. The smallest absolute Gasteiger partial charge is 0.247 e. The predicted molar refractivity (Wildman–Crippen MR) is 70.5 cm³/mol. The molecule has 0 radical (unpaired) electrons. The average Bonchev–Trinajstić information content (AvgIpc) is 2.40. The van der Waals surface area contributed by atoms with E-state index in [0.717, 1.165) is 16.7 Å². The molecule has 0 spiro atoms. The van der Waals surface area contributed by atoms with E-state index < -0.39 is 5.91 Å². The van der Waals surface area contributed by atoms with E-state index in [2.05, 4.69) is 0 Å². The monoisotopic (exact) mass is 261 g/mol. The molecule has 2 aromatic rings. The summed E-state index contributed by atoms with van der Waals surface area (Å²) in [5.74, 6) is -0.430. The molecule has 0 aromatic heterocycles. The van der Waals surface area contributed by atoms with Gasteiger partial charge in [-0.25, -0.2) is 5.48 Å². The summed E-state index contributed by atoms with van der Waals surface area (Å²) in [6.07, 6.45) is 0.152. The van der Waals surface area contributed by atoms with Crippen LogP contribution < -0.4 is 5.48 Å². The number of hydrogen-bond acceptors (Lipinski definition) is 2.